The molecular weight excluding hydrogens is 304 g/mol. The van der Waals surface area contributed by atoms with Crippen LogP contribution in [0.3, 0.4) is 0 Å². The summed E-state index contributed by atoms with van der Waals surface area (Å²) < 4.78 is 66.8. The molecule has 0 aromatic rings. The predicted molar refractivity (Wildman–Crippen MR) is 62.1 cm³/mol. The molecule has 0 aromatic heterocycles. The summed E-state index contributed by atoms with van der Waals surface area (Å²) in [5, 5.41) is 0. The molecule has 1 rings (SSSR count). The molecule has 10 nitrogen and oxygen atoms in total. The lowest BCUT2D eigenvalue weighted by Crippen LogP contribution is -2.52. The minimum atomic E-state index is -4.66. The van der Waals surface area contributed by atoms with E-state index in [1.165, 1.54) is 0 Å². The second kappa shape index (κ2) is 6.41. The van der Waals surface area contributed by atoms with Crippen LogP contribution in [0.4, 0.5) is 0 Å². The van der Waals surface area contributed by atoms with Gasteiger partial charge in [0.2, 0.25) is 0 Å². The van der Waals surface area contributed by atoms with Crippen LogP contribution in [0.25, 0.3) is 0 Å². The van der Waals surface area contributed by atoms with Gasteiger partial charge in [-0.2, -0.15) is 36.4 Å². The van der Waals surface area contributed by atoms with E-state index in [0.717, 1.165) is 6.42 Å². The monoisotopic (exact) mass is 320 g/mol. The van der Waals surface area contributed by atoms with Crippen molar-refractivity contribution in [3.63, 3.8) is 0 Å². The van der Waals surface area contributed by atoms with Crippen molar-refractivity contribution in [3.8, 4) is 0 Å². The maximum atomic E-state index is 10.5. The van der Waals surface area contributed by atoms with Crippen LogP contribution < -0.4 is 11.0 Å². The standard InChI is InChI=1S/C7H16N2O8S2/c1-5-2-3-6(8-16-18(10,11)12)7(4-5)9-17-19(13,14)15/h5-9H,2-4H2,1H3,(H,10,11,12)(H,13,14,15)/t5?,6-,7-/m1/s1. The molecule has 0 saturated heterocycles. The fourth-order valence-corrected chi connectivity index (χ4v) is 2.39. The fourth-order valence-electron chi connectivity index (χ4n) is 1.90. The van der Waals surface area contributed by atoms with Gasteiger partial charge in [0.15, 0.2) is 0 Å². The minimum Gasteiger partial charge on any atom is -0.262 e. The zero-order valence-electron chi connectivity index (χ0n) is 10.0. The summed E-state index contributed by atoms with van der Waals surface area (Å²) in [5.41, 5.74) is 4.23. The molecule has 1 saturated carbocycles. The molecule has 1 unspecified atom stereocenters. The van der Waals surface area contributed by atoms with Crippen molar-refractivity contribution in [1.29, 1.82) is 0 Å². The van der Waals surface area contributed by atoms with E-state index < -0.39 is 32.9 Å². The highest BCUT2D eigenvalue weighted by molar-refractivity contribution is 7.81. The third kappa shape index (κ3) is 7.12. The van der Waals surface area contributed by atoms with Gasteiger partial charge in [-0.15, -0.1) is 0 Å². The first-order valence-corrected chi connectivity index (χ1v) is 8.12. The number of nitrogens with one attached hydrogen (secondary N) is 2. The minimum absolute atomic E-state index is 0.242. The van der Waals surface area contributed by atoms with E-state index in [1.54, 1.807) is 0 Å². The number of hydroxylamine groups is 2. The maximum absolute atomic E-state index is 10.5. The highest BCUT2D eigenvalue weighted by atomic mass is 32.3. The van der Waals surface area contributed by atoms with Crippen molar-refractivity contribution < 1.29 is 34.5 Å². The molecule has 0 aliphatic heterocycles. The van der Waals surface area contributed by atoms with Gasteiger partial charge in [-0.05, 0) is 25.2 Å². The summed E-state index contributed by atoms with van der Waals surface area (Å²) in [4.78, 5) is 0. The molecular formula is C7H16N2O8S2. The summed E-state index contributed by atoms with van der Waals surface area (Å²) in [6.07, 6.45) is 1.67. The van der Waals surface area contributed by atoms with Crippen molar-refractivity contribution >= 4 is 20.8 Å². The molecule has 19 heavy (non-hydrogen) atoms. The lowest BCUT2D eigenvalue weighted by Gasteiger charge is -2.33. The Hall–Kier alpha value is -0.340. The predicted octanol–water partition coefficient (Wildman–Crippen LogP) is -0.808. The van der Waals surface area contributed by atoms with E-state index in [2.05, 4.69) is 19.5 Å². The lowest BCUT2D eigenvalue weighted by atomic mass is 9.84. The normalized spacial score (nSPS) is 29.3. The Labute approximate surface area is 111 Å². The Morgan fingerprint density at radius 3 is 1.89 bits per heavy atom. The number of hydrogen-bond donors (Lipinski definition) is 4. The van der Waals surface area contributed by atoms with Gasteiger partial charge in [-0.3, -0.25) is 9.11 Å². The Morgan fingerprint density at radius 1 is 0.947 bits per heavy atom. The lowest BCUT2D eigenvalue weighted by molar-refractivity contribution is 0.0418. The number of hydrogen-bond acceptors (Lipinski definition) is 8. The highest BCUT2D eigenvalue weighted by Crippen LogP contribution is 2.24. The average Bonchev–Trinajstić information content (AvgIpc) is 2.22. The van der Waals surface area contributed by atoms with Gasteiger partial charge in [0.25, 0.3) is 0 Å². The Morgan fingerprint density at radius 2 is 1.42 bits per heavy atom. The molecule has 1 fully saturated rings. The van der Waals surface area contributed by atoms with E-state index in [9.17, 15) is 16.8 Å². The van der Waals surface area contributed by atoms with Crippen LogP contribution in [0.5, 0.6) is 0 Å². The summed E-state index contributed by atoms with van der Waals surface area (Å²) in [5.74, 6) is 0.242. The average molecular weight is 320 g/mol. The van der Waals surface area contributed by atoms with Crippen LogP contribution in [0, 0.1) is 5.92 Å². The van der Waals surface area contributed by atoms with Crippen LogP contribution in [0.15, 0.2) is 0 Å². The largest absolute Gasteiger partial charge is 0.413 e. The Balaban J connectivity index is 2.60. The van der Waals surface area contributed by atoms with Crippen LogP contribution in [-0.4, -0.2) is 38.0 Å². The van der Waals surface area contributed by atoms with E-state index in [1.807, 2.05) is 6.92 Å². The van der Waals surface area contributed by atoms with Crippen LogP contribution in [0.1, 0.15) is 26.2 Å². The maximum Gasteiger partial charge on any atom is 0.413 e. The van der Waals surface area contributed by atoms with Gasteiger partial charge >= 0.3 is 20.8 Å². The third-order valence-electron chi connectivity index (χ3n) is 2.72. The van der Waals surface area contributed by atoms with Crippen LogP contribution in [0.2, 0.25) is 0 Å². The Kier molecular flexibility index (Phi) is 5.64. The molecule has 1 aliphatic carbocycles. The van der Waals surface area contributed by atoms with Crippen LogP contribution >= 0.6 is 0 Å². The van der Waals surface area contributed by atoms with Crippen molar-refractivity contribution in [2.24, 2.45) is 5.92 Å². The molecule has 0 aromatic carbocycles. The van der Waals surface area contributed by atoms with Gasteiger partial charge in [0, 0.05) is 0 Å². The zero-order chi connectivity index (χ0) is 14.7. The molecule has 1 aliphatic rings. The van der Waals surface area contributed by atoms with E-state index >= 15 is 0 Å². The SMILES string of the molecule is CC1CC[C@@H](NOS(=O)(=O)O)[C@H](NOS(=O)(=O)O)C1. The Bertz CT molecular complexity index is 489. The van der Waals surface area contributed by atoms with E-state index in [0.29, 0.717) is 12.8 Å². The smallest absolute Gasteiger partial charge is 0.262 e. The van der Waals surface area contributed by atoms with Gasteiger partial charge in [-0.1, -0.05) is 6.92 Å². The summed E-state index contributed by atoms with van der Waals surface area (Å²) in [6, 6.07) is -1.23. The zero-order valence-corrected chi connectivity index (χ0v) is 11.6. The molecule has 3 atom stereocenters. The first-order valence-electron chi connectivity index (χ1n) is 5.39. The molecule has 12 heteroatoms. The van der Waals surface area contributed by atoms with Gasteiger partial charge in [0.1, 0.15) is 0 Å². The second-order valence-electron chi connectivity index (χ2n) is 4.39. The first-order chi connectivity index (χ1) is 8.57. The van der Waals surface area contributed by atoms with Crippen LogP contribution in [-0.2, 0) is 29.4 Å². The second-order valence-corrected chi connectivity index (χ2v) is 6.43. The molecule has 0 spiro atoms. The van der Waals surface area contributed by atoms with Crippen molar-refractivity contribution in [1.82, 2.24) is 11.0 Å². The van der Waals surface area contributed by atoms with Crippen molar-refractivity contribution in [3.05, 3.63) is 0 Å². The number of rotatable bonds is 6. The molecule has 0 radical (unpaired) electrons. The van der Waals surface area contributed by atoms with Gasteiger partial charge in [-0.25, -0.2) is 0 Å². The quantitative estimate of drug-likeness (QED) is 0.361. The molecule has 4 N–H and O–H groups in total. The summed E-state index contributed by atoms with van der Waals surface area (Å²) in [6.45, 7) is 1.92. The summed E-state index contributed by atoms with van der Waals surface area (Å²) in [7, 11) is -9.31. The van der Waals surface area contributed by atoms with Crippen molar-refractivity contribution in [2.75, 3.05) is 0 Å². The topological polar surface area (TPSA) is 151 Å². The summed E-state index contributed by atoms with van der Waals surface area (Å²) >= 11 is 0. The molecule has 0 bridgehead atoms. The first kappa shape index (κ1) is 16.7. The van der Waals surface area contributed by atoms with Crippen molar-refractivity contribution in [2.45, 2.75) is 38.3 Å². The van der Waals surface area contributed by atoms with Gasteiger partial charge < -0.3 is 0 Å². The van der Waals surface area contributed by atoms with E-state index in [-0.39, 0.29) is 5.92 Å². The fraction of sp³-hybridized carbons (Fsp3) is 1.00. The molecule has 0 heterocycles. The molecule has 0 amide bonds. The highest BCUT2D eigenvalue weighted by Gasteiger charge is 2.31. The third-order valence-corrected chi connectivity index (χ3v) is 3.34. The van der Waals surface area contributed by atoms with Gasteiger partial charge in [0.05, 0.1) is 12.1 Å². The van der Waals surface area contributed by atoms with E-state index in [4.69, 9.17) is 9.11 Å². The molecule has 114 valence electrons.